The molecule has 0 aliphatic carbocycles. The Morgan fingerprint density at radius 2 is 1.95 bits per heavy atom. The summed E-state index contributed by atoms with van der Waals surface area (Å²) in [7, 11) is 3.48. The van der Waals surface area contributed by atoms with E-state index in [0.717, 1.165) is 36.2 Å². The first-order chi connectivity index (χ1) is 9.67. The van der Waals surface area contributed by atoms with Crippen molar-refractivity contribution < 1.29 is 4.74 Å². The zero-order valence-corrected chi connectivity index (χ0v) is 15.8. The summed E-state index contributed by atoms with van der Waals surface area (Å²) in [4.78, 5) is 4.23. The van der Waals surface area contributed by atoms with Gasteiger partial charge in [0, 0.05) is 25.7 Å². The average molecular weight is 405 g/mol. The molecule has 0 unspecified atom stereocenters. The normalized spacial score (nSPS) is 11.0. The predicted molar refractivity (Wildman–Crippen MR) is 101 cm³/mol. The summed E-state index contributed by atoms with van der Waals surface area (Å²) < 4.78 is 5.34. The maximum absolute atomic E-state index is 5.34. The lowest BCUT2D eigenvalue weighted by Crippen LogP contribution is -2.37. The maximum atomic E-state index is 5.34. The summed E-state index contributed by atoms with van der Waals surface area (Å²) >= 11 is 0. The van der Waals surface area contributed by atoms with Crippen LogP contribution in [0.2, 0.25) is 0 Å². The molecule has 0 aromatic heterocycles. The van der Waals surface area contributed by atoms with Crippen LogP contribution in [-0.2, 0) is 6.54 Å². The first-order valence-corrected chi connectivity index (χ1v) is 7.23. The van der Waals surface area contributed by atoms with Gasteiger partial charge >= 0.3 is 0 Å². The van der Waals surface area contributed by atoms with Crippen molar-refractivity contribution in [3.8, 4) is 5.75 Å². The van der Waals surface area contributed by atoms with Gasteiger partial charge in [-0.3, -0.25) is 4.99 Å². The van der Waals surface area contributed by atoms with E-state index in [1.807, 2.05) is 18.2 Å². The summed E-state index contributed by atoms with van der Waals surface area (Å²) in [6.07, 6.45) is 2.39. The van der Waals surface area contributed by atoms with Crippen molar-refractivity contribution in [3.05, 3.63) is 29.8 Å². The highest BCUT2D eigenvalue weighted by atomic mass is 127. The fraction of sp³-hybridized carbons (Fsp3) is 0.562. The molecule has 0 radical (unpaired) electrons. The van der Waals surface area contributed by atoms with E-state index in [4.69, 9.17) is 4.74 Å². The fourth-order valence-electron chi connectivity index (χ4n) is 1.97. The third-order valence-electron chi connectivity index (χ3n) is 3.11. The molecule has 0 aliphatic heterocycles. The Bertz CT molecular complexity index is 422. The van der Waals surface area contributed by atoms with Gasteiger partial charge in [0.15, 0.2) is 5.96 Å². The molecule has 1 rings (SSSR count). The topological polar surface area (TPSA) is 45.7 Å². The van der Waals surface area contributed by atoms with Crippen LogP contribution in [0.3, 0.4) is 0 Å². The van der Waals surface area contributed by atoms with Gasteiger partial charge in [-0.1, -0.05) is 32.0 Å². The number of nitrogens with one attached hydrogen (secondary N) is 2. The number of methoxy groups -OCH3 is 1. The molecule has 1 aromatic rings. The number of benzene rings is 1. The van der Waals surface area contributed by atoms with Crippen molar-refractivity contribution in [2.45, 2.75) is 33.2 Å². The third-order valence-corrected chi connectivity index (χ3v) is 3.11. The number of guanidine groups is 1. The molecule has 4 nitrogen and oxygen atoms in total. The first-order valence-electron chi connectivity index (χ1n) is 7.23. The Kier molecular flexibility index (Phi) is 11.1. The minimum absolute atomic E-state index is 0. The first kappa shape index (κ1) is 20.0. The summed E-state index contributed by atoms with van der Waals surface area (Å²) in [5, 5.41) is 6.64. The molecule has 1 aromatic carbocycles. The molecule has 0 amide bonds. The minimum Gasteiger partial charge on any atom is -0.496 e. The van der Waals surface area contributed by atoms with Crippen molar-refractivity contribution in [1.29, 1.82) is 0 Å². The molecule has 0 fully saturated rings. The highest BCUT2D eigenvalue weighted by molar-refractivity contribution is 14.0. The van der Waals surface area contributed by atoms with Crippen molar-refractivity contribution in [2.24, 2.45) is 10.9 Å². The SMILES string of the molecule is CN=C(NCCCC(C)C)NCc1ccccc1OC.I. The van der Waals surface area contributed by atoms with E-state index in [1.54, 1.807) is 14.2 Å². The highest BCUT2D eigenvalue weighted by Crippen LogP contribution is 2.16. The molecular weight excluding hydrogens is 377 g/mol. The van der Waals surface area contributed by atoms with E-state index in [-0.39, 0.29) is 24.0 Å². The number of hydrogen-bond donors (Lipinski definition) is 2. The number of para-hydroxylation sites is 1. The van der Waals surface area contributed by atoms with Crippen LogP contribution in [-0.4, -0.2) is 26.7 Å². The van der Waals surface area contributed by atoms with Crippen molar-refractivity contribution in [2.75, 3.05) is 20.7 Å². The maximum Gasteiger partial charge on any atom is 0.191 e. The van der Waals surface area contributed by atoms with E-state index in [9.17, 15) is 0 Å². The second-order valence-corrected chi connectivity index (χ2v) is 5.20. The second kappa shape index (κ2) is 11.7. The van der Waals surface area contributed by atoms with Crippen LogP contribution in [0.5, 0.6) is 5.75 Å². The van der Waals surface area contributed by atoms with Crippen LogP contribution >= 0.6 is 24.0 Å². The van der Waals surface area contributed by atoms with Gasteiger partial charge in [0.2, 0.25) is 0 Å². The van der Waals surface area contributed by atoms with Crippen LogP contribution < -0.4 is 15.4 Å². The van der Waals surface area contributed by atoms with E-state index in [0.29, 0.717) is 6.54 Å². The molecule has 0 aliphatic rings. The minimum atomic E-state index is 0. The highest BCUT2D eigenvalue weighted by Gasteiger charge is 2.03. The van der Waals surface area contributed by atoms with E-state index >= 15 is 0 Å². The van der Waals surface area contributed by atoms with Gasteiger partial charge in [-0.05, 0) is 24.8 Å². The van der Waals surface area contributed by atoms with Crippen molar-refractivity contribution in [1.82, 2.24) is 10.6 Å². The predicted octanol–water partition coefficient (Wildman–Crippen LogP) is 3.41. The standard InChI is InChI=1S/C16H27N3O.HI/c1-13(2)8-7-11-18-16(17-3)19-12-14-9-5-6-10-15(14)20-4;/h5-6,9-10,13H,7-8,11-12H2,1-4H3,(H2,17,18,19);1H. The summed E-state index contributed by atoms with van der Waals surface area (Å²) in [6.45, 7) is 6.14. The fourth-order valence-corrected chi connectivity index (χ4v) is 1.97. The molecule has 2 N–H and O–H groups in total. The lowest BCUT2D eigenvalue weighted by atomic mass is 10.1. The molecule has 0 saturated heterocycles. The lowest BCUT2D eigenvalue weighted by Gasteiger charge is -2.14. The summed E-state index contributed by atoms with van der Waals surface area (Å²) in [6, 6.07) is 8.01. The van der Waals surface area contributed by atoms with Gasteiger partial charge in [0.05, 0.1) is 7.11 Å². The molecule has 21 heavy (non-hydrogen) atoms. The van der Waals surface area contributed by atoms with Crippen LogP contribution in [0.25, 0.3) is 0 Å². The number of ether oxygens (including phenoxy) is 1. The molecule has 0 atom stereocenters. The third kappa shape index (κ3) is 8.14. The number of hydrogen-bond acceptors (Lipinski definition) is 2. The molecule has 0 saturated carbocycles. The summed E-state index contributed by atoms with van der Waals surface area (Å²) in [5.74, 6) is 2.48. The Hall–Kier alpha value is -0.980. The zero-order chi connectivity index (χ0) is 14.8. The number of nitrogens with zero attached hydrogens (tertiary/aromatic N) is 1. The van der Waals surface area contributed by atoms with Crippen LogP contribution in [0.1, 0.15) is 32.3 Å². The van der Waals surface area contributed by atoms with Crippen LogP contribution in [0, 0.1) is 5.92 Å². The number of aliphatic imine (C=N–C) groups is 1. The number of halogens is 1. The van der Waals surface area contributed by atoms with E-state index in [2.05, 4.69) is 35.5 Å². The molecule has 5 heteroatoms. The van der Waals surface area contributed by atoms with Gasteiger partial charge in [-0.25, -0.2) is 0 Å². The molecule has 120 valence electrons. The largest absolute Gasteiger partial charge is 0.496 e. The Morgan fingerprint density at radius 3 is 2.57 bits per heavy atom. The van der Waals surface area contributed by atoms with Gasteiger partial charge < -0.3 is 15.4 Å². The molecule has 0 heterocycles. The summed E-state index contributed by atoms with van der Waals surface area (Å²) in [5.41, 5.74) is 1.13. The Morgan fingerprint density at radius 1 is 1.24 bits per heavy atom. The number of rotatable bonds is 7. The van der Waals surface area contributed by atoms with Gasteiger partial charge in [-0.15, -0.1) is 24.0 Å². The quantitative estimate of drug-likeness (QED) is 0.316. The second-order valence-electron chi connectivity index (χ2n) is 5.20. The van der Waals surface area contributed by atoms with E-state index in [1.165, 1.54) is 6.42 Å². The smallest absolute Gasteiger partial charge is 0.191 e. The monoisotopic (exact) mass is 405 g/mol. The van der Waals surface area contributed by atoms with Crippen molar-refractivity contribution >= 4 is 29.9 Å². The van der Waals surface area contributed by atoms with E-state index < -0.39 is 0 Å². The van der Waals surface area contributed by atoms with Crippen LogP contribution in [0.15, 0.2) is 29.3 Å². The van der Waals surface area contributed by atoms with Crippen molar-refractivity contribution in [3.63, 3.8) is 0 Å². The zero-order valence-electron chi connectivity index (χ0n) is 13.5. The van der Waals surface area contributed by atoms with Gasteiger partial charge in [0.1, 0.15) is 5.75 Å². The lowest BCUT2D eigenvalue weighted by molar-refractivity contribution is 0.409. The molecular formula is C16H28IN3O. The van der Waals surface area contributed by atoms with Gasteiger partial charge in [0.25, 0.3) is 0 Å². The molecule has 0 spiro atoms. The van der Waals surface area contributed by atoms with Crippen LogP contribution in [0.4, 0.5) is 0 Å². The average Bonchev–Trinajstić information content (AvgIpc) is 2.46. The Balaban J connectivity index is 0.00000400. The Labute approximate surface area is 145 Å². The molecule has 0 bridgehead atoms. The van der Waals surface area contributed by atoms with Gasteiger partial charge in [-0.2, -0.15) is 0 Å².